The Labute approximate surface area is 124 Å². The molecule has 2 aromatic carbocycles. The van der Waals surface area contributed by atoms with Crippen LogP contribution in [0.15, 0.2) is 42.5 Å². The number of hydrogen-bond acceptors (Lipinski definition) is 3. The quantitative estimate of drug-likeness (QED) is 0.885. The van der Waals surface area contributed by atoms with E-state index in [1.54, 1.807) is 19.2 Å². The maximum Gasteiger partial charge on any atom is 0.165 e. The number of ether oxygens (including phenoxy) is 2. The van der Waals surface area contributed by atoms with Gasteiger partial charge in [-0.15, -0.1) is 0 Å². The van der Waals surface area contributed by atoms with Gasteiger partial charge in [0.2, 0.25) is 0 Å². The molecule has 0 aliphatic rings. The van der Waals surface area contributed by atoms with E-state index in [2.05, 4.69) is 0 Å². The third-order valence-electron chi connectivity index (χ3n) is 3.29. The van der Waals surface area contributed by atoms with Gasteiger partial charge in [0, 0.05) is 12.5 Å². The Morgan fingerprint density at radius 1 is 1.14 bits per heavy atom. The van der Waals surface area contributed by atoms with Crippen LogP contribution in [0.2, 0.25) is 0 Å². The largest absolute Gasteiger partial charge is 0.497 e. The lowest BCUT2D eigenvalue weighted by Crippen LogP contribution is -2.07. The molecule has 0 amide bonds. The molecule has 0 aromatic heterocycles. The predicted octanol–water partition coefficient (Wildman–Crippen LogP) is 3.48. The normalized spacial score (nSPS) is 12.0. The molecule has 0 aliphatic carbocycles. The zero-order chi connectivity index (χ0) is 15.2. The average molecular weight is 289 g/mol. The Kier molecular flexibility index (Phi) is 5.17. The van der Waals surface area contributed by atoms with E-state index >= 15 is 0 Å². The maximum atomic E-state index is 13.8. The van der Waals surface area contributed by atoms with Crippen LogP contribution in [0.1, 0.15) is 24.1 Å². The van der Waals surface area contributed by atoms with Crippen LogP contribution in [0.4, 0.5) is 4.39 Å². The number of hydrogen-bond donors (Lipinski definition) is 1. The molecule has 21 heavy (non-hydrogen) atoms. The molecule has 4 heteroatoms. The molecule has 0 spiro atoms. The van der Waals surface area contributed by atoms with Crippen molar-refractivity contribution in [2.45, 2.75) is 19.4 Å². The predicted molar refractivity (Wildman–Crippen MR) is 81.2 cm³/mol. The smallest absolute Gasteiger partial charge is 0.165 e. The van der Waals surface area contributed by atoms with E-state index in [1.165, 1.54) is 6.07 Å². The van der Waals surface area contributed by atoms with Gasteiger partial charge in [-0.25, -0.2) is 4.39 Å². The van der Waals surface area contributed by atoms with Crippen LogP contribution in [-0.2, 0) is 6.42 Å². The van der Waals surface area contributed by atoms with Gasteiger partial charge in [-0.3, -0.25) is 0 Å². The van der Waals surface area contributed by atoms with Crippen molar-refractivity contribution in [2.75, 3.05) is 13.7 Å². The van der Waals surface area contributed by atoms with E-state index in [0.29, 0.717) is 13.0 Å². The molecule has 0 bridgehead atoms. The summed E-state index contributed by atoms with van der Waals surface area (Å²) in [4.78, 5) is 0. The SMILES string of the molecule is COc1ccc(CCOc2ccc([C@@H](C)N)cc2F)cc1. The number of benzene rings is 2. The van der Waals surface area contributed by atoms with Gasteiger partial charge >= 0.3 is 0 Å². The summed E-state index contributed by atoms with van der Waals surface area (Å²) in [5.74, 6) is 0.699. The summed E-state index contributed by atoms with van der Waals surface area (Å²) in [5, 5.41) is 0. The first-order valence-electron chi connectivity index (χ1n) is 6.91. The first-order chi connectivity index (χ1) is 10.1. The van der Waals surface area contributed by atoms with Crippen molar-refractivity contribution < 1.29 is 13.9 Å². The van der Waals surface area contributed by atoms with Crippen molar-refractivity contribution in [3.63, 3.8) is 0 Å². The average Bonchev–Trinajstić information content (AvgIpc) is 2.49. The highest BCUT2D eigenvalue weighted by atomic mass is 19.1. The first-order valence-corrected chi connectivity index (χ1v) is 6.91. The van der Waals surface area contributed by atoms with E-state index in [1.807, 2.05) is 31.2 Å². The van der Waals surface area contributed by atoms with E-state index in [9.17, 15) is 4.39 Å². The number of methoxy groups -OCH3 is 1. The van der Waals surface area contributed by atoms with Gasteiger partial charge in [0.15, 0.2) is 11.6 Å². The zero-order valence-electron chi connectivity index (χ0n) is 12.3. The number of halogens is 1. The fourth-order valence-corrected chi connectivity index (χ4v) is 1.99. The third kappa shape index (κ3) is 4.20. The standard InChI is InChI=1S/C17H20FNO2/c1-12(19)14-5-8-17(16(18)11-14)21-10-9-13-3-6-15(20-2)7-4-13/h3-8,11-12H,9-10,19H2,1-2H3/t12-/m1/s1. The topological polar surface area (TPSA) is 44.5 Å². The lowest BCUT2D eigenvalue weighted by atomic mass is 10.1. The lowest BCUT2D eigenvalue weighted by molar-refractivity contribution is 0.305. The summed E-state index contributed by atoms with van der Waals surface area (Å²) >= 11 is 0. The molecule has 0 unspecified atom stereocenters. The Hall–Kier alpha value is -2.07. The summed E-state index contributed by atoms with van der Waals surface area (Å²) < 4.78 is 24.4. The summed E-state index contributed by atoms with van der Waals surface area (Å²) in [6, 6.07) is 12.4. The second-order valence-corrected chi connectivity index (χ2v) is 4.93. The molecular weight excluding hydrogens is 269 g/mol. The monoisotopic (exact) mass is 289 g/mol. The summed E-state index contributed by atoms with van der Waals surface area (Å²) in [5.41, 5.74) is 7.59. The minimum atomic E-state index is -0.375. The fourth-order valence-electron chi connectivity index (χ4n) is 1.99. The van der Waals surface area contributed by atoms with Crippen LogP contribution in [0.5, 0.6) is 11.5 Å². The van der Waals surface area contributed by atoms with Gasteiger partial charge in [-0.05, 0) is 42.3 Å². The molecule has 0 saturated carbocycles. The van der Waals surface area contributed by atoms with Crippen molar-refractivity contribution in [3.05, 3.63) is 59.4 Å². The van der Waals surface area contributed by atoms with Crippen LogP contribution >= 0.6 is 0 Å². The Bertz CT molecular complexity index is 582. The summed E-state index contributed by atoms with van der Waals surface area (Å²) in [7, 11) is 1.63. The molecule has 2 rings (SSSR count). The van der Waals surface area contributed by atoms with E-state index < -0.39 is 0 Å². The Morgan fingerprint density at radius 2 is 1.86 bits per heavy atom. The molecule has 0 heterocycles. The van der Waals surface area contributed by atoms with Crippen molar-refractivity contribution in [2.24, 2.45) is 5.73 Å². The third-order valence-corrected chi connectivity index (χ3v) is 3.29. The highest BCUT2D eigenvalue weighted by molar-refractivity contribution is 5.31. The molecule has 0 aliphatic heterocycles. The van der Waals surface area contributed by atoms with Crippen LogP contribution < -0.4 is 15.2 Å². The molecule has 0 saturated heterocycles. The van der Waals surface area contributed by atoms with Gasteiger partial charge in [0.05, 0.1) is 13.7 Å². The molecule has 1 atom stereocenters. The molecule has 0 fully saturated rings. The van der Waals surface area contributed by atoms with Crippen LogP contribution in [0, 0.1) is 5.82 Å². The van der Waals surface area contributed by atoms with Gasteiger partial charge in [0.1, 0.15) is 5.75 Å². The van der Waals surface area contributed by atoms with E-state index in [-0.39, 0.29) is 17.6 Å². The molecule has 2 N–H and O–H groups in total. The molecular formula is C17H20FNO2. The maximum absolute atomic E-state index is 13.8. The summed E-state index contributed by atoms with van der Waals surface area (Å²) in [6.45, 7) is 2.24. The van der Waals surface area contributed by atoms with Gasteiger partial charge in [0.25, 0.3) is 0 Å². The highest BCUT2D eigenvalue weighted by Crippen LogP contribution is 2.21. The van der Waals surface area contributed by atoms with Crippen LogP contribution in [0.25, 0.3) is 0 Å². The van der Waals surface area contributed by atoms with Gasteiger partial charge in [-0.2, -0.15) is 0 Å². The number of nitrogens with two attached hydrogens (primary N) is 1. The first kappa shape index (κ1) is 15.3. The van der Waals surface area contributed by atoms with Crippen LogP contribution in [-0.4, -0.2) is 13.7 Å². The van der Waals surface area contributed by atoms with Crippen molar-refractivity contribution in [1.29, 1.82) is 0 Å². The Balaban J connectivity index is 1.90. The number of rotatable bonds is 6. The molecule has 0 radical (unpaired) electrons. The van der Waals surface area contributed by atoms with Crippen molar-refractivity contribution in [3.8, 4) is 11.5 Å². The minimum Gasteiger partial charge on any atom is -0.497 e. The Morgan fingerprint density at radius 3 is 2.43 bits per heavy atom. The van der Waals surface area contributed by atoms with E-state index in [4.69, 9.17) is 15.2 Å². The van der Waals surface area contributed by atoms with Gasteiger partial charge in [-0.1, -0.05) is 18.2 Å². The fraction of sp³-hybridized carbons (Fsp3) is 0.294. The second-order valence-electron chi connectivity index (χ2n) is 4.93. The second kappa shape index (κ2) is 7.09. The molecule has 2 aromatic rings. The van der Waals surface area contributed by atoms with E-state index in [0.717, 1.165) is 16.9 Å². The molecule has 3 nitrogen and oxygen atoms in total. The molecule has 112 valence electrons. The van der Waals surface area contributed by atoms with Crippen LogP contribution in [0.3, 0.4) is 0 Å². The summed E-state index contributed by atoms with van der Waals surface area (Å²) in [6.07, 6.45) is 0.707. The minimum absolute atomic E-state index is 0.187. The van der Waals surface area contributed by atoms with Crippen molar-refractivity contribution in [1.82, 2.24) is 0 Å². The van der Waals surface area contributed by atoms with Gasteiger partial charge < -0.3 is 15.2 Å². The van der Waals surface area contributed by atoms with Crippen molar-refractivity contribution >= 4 is 0 Å². The highest BCUT2D eigenvalue weighted by Gasteiger charge is 2.07. The zero-order valence-corrected chi connectivity index (χ0v) is 12.3. The lowest BCUT2D eigenvalue weighted by Gasteiger charge is -2.10.